The third-order valence-corrected chi connectivity index (χ3v) is 4.45. The predicted molar refractivity (Wildman–Crippen MR) is 105 cm³/mol. The molecule has 6 nitrogen and oxygen atoms in total. The molecule has 1 aliphatic rings. The van der Waals surface area contributed by atoms with Gasteiger partial charge in [0.1, 0.15) is 5.75 Å². The monoisotopic (exact) mass is 383 g/mol. The fraction of sp³-hybridized carbons (Fsp3) is 0.364. The number of amides is 1. The second kappa shape index (κ2) is 9.37. The second-order valence-corrected chi connectivity index (χ2v) is 6.90. The molecule has 6 heteroatoms. The zero-order valence-electron chi connectivity index (χ0n) is 16.2. The third-order valence-electron chi connectivity index (χ3n) is 4.45. The lowest BCUT2D eigenvalue weighted by atomic mass is 10.1. The molecule has 1 amide bonds. The van der Waals surface area contributed by atoms with Crippen molar-refractivity contribution in [3.8, 4) is 16.9 Å². The minimum absolute atomic E-state index is 0.0226. The van der Waals surface area contributed by atoms with Gasteiger partial charge in [-0.1, -0.05) is 42.5 Å². The summed E-state index contributed by atoms with van der Waals surface area (Å²) >= 11 is 0. The van der Waals surface area contributed by atoms with Crippen LogP contribution in [0.5, 0.6) is 5.75 Å². The maximum atomic E-state index is 12.2. The fourth-order valence-electron chi connectivity index (χ4n) is 3.17. The molecular weight excluding hydrogens is 358 g/mol. The molecule has 148 valence electrons. The van der Waals surface area contributed by atoms with E-state index in [1.807, 2.05) is 56.3 Å². The first-order chi connectivity index (χ1) is 13.5. The summed E-state index contributed by atoms with van der Waals surface area (Å²) in [5.41, 5.74) is 2.17. The first-order valence-corrected chi connectivity index (χ1v) is 9.38. The van der Waals surface area contributed by atoms with Gasteiger partial charge in [-0.3, -0.25) is 4.79 Å². The van der Waals surface area contributed by atoms with Crippen molar-refractivity contribution < 1.29 is 23.8 Å². The second-order valence-electron chi connectivity index (χ2n) is 6.90. The standard InChI is InChI=1S/C22H25NO5/c1-16-12-23(13-17(2)28-16)21(24)14-27-22(25)15-26-20-10-8-19(9-11-20)18-6-4-3-5-7-18/h3-11,16-17H,12-15H2,1-2H3/t16-,17-/m1/s1. The van der Waals surface area contributed by atoms with Crippen molar-refractivity contribution in [1.29, 1.82) is 0 Å². The summed E-state index contributed by atoms with van der Waals surface area (Å²) in [5.74, 6) is -0.226. The van der Waals surface area contributed by atoms with Crippen molar-refractivity contribution in [2.75, 3.05) is 26.3 Å². The van der Waals surface area contributed by atoms with E-state index >= 15 is 0 Å². The quantitative estimate of drug-likeness (QED) is 0.718. The molecule has 28 heavy (non-hydrogen) atoms. The van der Waals surface area contributed by atoms with Gasteiger partial charge in [-0.05, 0) is 37.1 Å². The summed E-state index contributed by atoms with van der Waals surface area (Å²) in [6.45, 7) is 4.32. The molecule has 1 fully saturated rings. The van der Waals surface area contributed by atoms with Crippen molar-refractivity contribution in [2.45, 2.75) is 26.1 Å². The topological polar surface area (TPSA) is 65.1 Å². The molecule has 0 aromatic heterocycles. The predicted octanol–water partition coefficient (Wildman–Crippen LogP) is 2.91. The molecule has 2 atom stereocenters. The highest BCUT2D eigenvalue weighted by molar-refractivity contribution is 5.81. The Labute approximate surface area is 165 Å². The highest BCUT2D eigenvalue weighted by Crippen LogP contribution is 2.22. The van der Waals surface area contributed by atoms with Crippen LogP contribution in [0.3, 0.4) is 0 Å². The minimum atomic E-state index is -0.574. The molecule has 2 aromatic carbocycles. The number of rotatable bonds is 6. The average molecular weight is 383 g/mol. The van der Waals surface area contributed by atoms with Gasteiger partial charge in [0.15, 0.2) is 13.2 Å². The number of morpholine rings is 1. The third kappa shape index (κ3) is 5.57. The van der Waals surface area contributed by atoms with E-state index in [9.17, 15) is 9.59 Å². The van der Waals surface area contributed by atoms with E-state index in [0.717, 1.165) is 11.1 Å². The smallest absolute Gasteiger partial charge is 0.344 e. The van der Waals surface area contributed by atoms with Crippen LogP contribution in [0.25, 0.3) is 11.1 Å². The molecule has 3 rings (SSSR count). The number of benzene rings is 2. The van der Waals surface area contributed by atoms with E-state index in [4.69, 9.17) is 14.2 Å². The van der Waals surface area contributed by atoms with Crippen LogP contribution < -0.4 is 4.74 Å². The number of hydrogen-bond acceptors (Lipinski definition) is 5. The van der Waals surface area contributed by atoms with E-state index in [0.29, 0.717) is 18.8 Å². The normalized spacial score (nSPS) is 19.1. The summed E-state index contributed by atoms with van der Waals surface area (Å²) in [5, 5.41) is 0. The summed E-state index contributed by atoms with van der Waals surface area (Å²) in [4.78, 5) is 25.7. The summed E-state index contributed by atoms with van der Waals surface area (Å²) in [7, 11) is 0. The Morgan fingerprint density at radius 3 is 2.18 bits per heavy atom. The Morgan fingerprint density at radius 1 is 0.929 bits per heavy atom. The van der Waals surface area contributed by atoms with Crippen molar-refractivity contribution in [2.24, 2.45) is 0 Å². The number of esters is 1. The fourth-order valence-corrected chi connectivity index (χ4v) is 3.17. The number of ether oxygens (including phenoxy) is 3. The van der Waals surface area contributed by atoms with Crippen LogP contribution in [0, 0.1) is 0 Å². The average Bonchev–Trinajstić information content (AvgIpc) is 2.71. The molecule has 0 spiro atoms. The van der Waals surface area contributed by atoms with Gasteiger partial charge in [-0.25, -0.2) is 4.79 Å². The summed E-state index contributed by atoms with van der Waals surface area (Å²) in [6.07, 6.45) is -0.0452. The van der Waals surface area contributed by atoms with Crippen LogP contribution in [0.2, 0.25) is 0 Å². The Bertz CT molecular complexity index is 780. The van der Waals surface area contributed by atoms with Gasteiger partial charge in [0.2, 0.25) is 0 Å². The number of hydrogen-bond donors (Lipinski definition) is 0. The molecule has 0 bridgehead atoms. The Hall–Kier alpha value is -2.86. The summed E-state index contributed by atoms with van der Waals surface area (Å²) < 4.78 is 16.1. The first kappa shape index (κ1) is 19.9. The lowest BCUT2D eigenvalue weighted by Gasteiger charge is -2.35. The molecule has 0 unspecified atom stereocenters. The van der Waals surface area contributed by atoms with Crippen LogP contribution in [0.1, 0.15) is 13.8 Å². The van der Waals surface area contributed by atoms with Crippen LogP contribution in [-0.2, 0) is 19.1 Å². The highest BCUT2D eigenvalue weighted by Gasteiger charge is 2.26. The van der Waals surface area contributed by atoms with Gasteiger partial charge < -0.3 is 19.1 Å². The van der Waals surface area contributed by atoms with Gasteiger partial charge in [-0.15, -0.1) is 0 Å². The molecule has 0 saturated carbocycles. The number of carbonyl (C=O) groups excluding carboxylic acids is 2. The molecular formula is C22H25NO5. The number of nitrogens with zero attached hydrogens (tertiary/aromatic N) is 1. The zero-order chi connectivity index (χ0) is 19.9. The lowest BCUT2D eigenvalue weighted by Crippen LogP contribution is -2.49. The van der Waals surface area contributed by atoms with Crippen LogP contribution in [0.15, 0.2) is 54.6 Å². The van der Waals surface area contributed by atoms with Gasteiger partial charge in [0, 0.05) is 13.1 Å². The van der Waals surface area contributed by atoms with Crippen LogP contribution >= 0.6 is 0 Å². The molecule has 1 aliphatic heterocycles. The van der Waals surface area contributed by atoms with E-state index in [1.54, 1.807) is 17.0 Å². The number of carbonyl (C=O) groups is 2. The Kier molecular flexibility index (Phi) is 6.66. The lowest BCUT2D eigenvalue weighted by molar-refractivity contribution is -0.158. The van der Waals surface area contributed by atoms with Gasteiger partial charge >= 0.3 is 5.97 Å². The van der Waals surface area contributed by atoms with E-state index < -0.39 is 5.97 Å². The van der Waals surface area contributed by atoms with Gasteiger partial charge in [-0.2, -0.15) is 0 Å². The highest BCUT2D eigenvalue weighted by atomic mass is 16.6. The summed E-state index contributed by atoms with van der Waals surface area (Å²) in [6, 6.07) is 17.5. The van der Waals surface area contributed by atoms with Gasteiger partial charge in [0.25, 0.3) is 5.91 Å². The molecule has 0 radical (unpaired) electrons. The van der Waals surface area contributed by atoms with Crippen molar-refractivity contribution >= 4 is 11.9 Å². The molecule has 0 aliphatic carbocycles. The Balaban J connectivity index is 1.42. The van der Waals surface area contributed by atoms with Crippen molar-refractivity contribution in [3.63, 3.8) is 0 Å². The molecule has 2 aromatic rings. The van der Waals surface area contributed by atoms with E-state index in [1.165, 1.54) is 0 Å². The molecule has 1 heterocycles. The maximum absolute atomic E-state index is 12.2. The zero-order valence-corrected chi connectivity index (χ0v) is 16.2. The molecule has 1 saturated heterocycles. The first-order valence-electron chi connectivity index (χ1n) is 9.38. The van der Waals surface area contributed by atoms with E-state index in [2.05, 4.69) is 0 Å². The minimum Gasteiger partial charge on any atom is -0.482 e. The van der Waals surface area contributed by atoms with Crippen molar-refractivity contribution in [1.82, 2.24) is 4.90 Å². The SMILES string of the molecule is C[C@@H]1CN(C(=O)COC(=O)COc2ccc(-c3ccccc3)cc2)C[C@@H](C)O1. The maximum Gasteiger partial charge on any atom is 0.344 e. The van der Waals surface area contributed by atoms with Crippen molar-refractivity contribution in [3.05, 3.63) is 54.6 Å². The van der Waals surface area contributed by atoms with Gasteiger partial charge in [0.05, 0.1) is 12.2 Å². The van der Waals surface area contributed by atoms with E-state index in [-0.39, 0.29) is 31.3 Å². The molecule has 0 N–H and O–H groups in total. The van der Waals surface area contributed by atoms with Crippen LogP contribution in [-0.4, -0.2) is 55.3 Å². The largest absolute Gasteiger partial charge is 0.482 e. The Morgan fingerprint density at radius 2 is 1.54 bits per heavy atom. The van der Waals surface area contributed by atoms with Crippen LogP contribution in [0.4, 0.5) is 0 Å².